The number of ether oxygens (including phenoxy) is 2. The van der Waals surface area contributed by atoms with Crippen molar-refractivity contribution in [2.24, 2.45) is 5.92 Å². The highest BCUT2D eigenvalue weighted by molar-refractivity contribution is 6.46. The molecule has 1 heterocycles. The third-order valence-corrected chi connectivity index (χ3v) is 6.54. The molecule has 7 nitrogen and oxygen atoms in total. The van der Waals surface area contributed by atoms with E-state index < -0.39 is 17.7 Å². The minimum Gasteiger partial charge on any atom is -0.508 e. The Morgan fingerprint density at radius 1 is 1.05 bits per heavy atom. The van der Waals surface area contributed by atoms with Crippen LogP contribution in [0.4, 0.5) is 0 Å². The molecule has 2 N–H and O–H groups in total. The fourth-order valence-electron chi connectivity index (χ4n) is 4.45. The summed E-state index contributed by atoms with van der Waals surface area (Å²) >= 11 is 6.35. The smallest absolute Gasteiger partial charge is 0.295 e. The number of ketones is 1. The summed E-state index contributed by atoms with van der Waals surface area (Å²) in [5.41, 5.74) is 2.21. The molecule has 1 saturated heterocycles. The summed E-state index contributed by atoms with van der Waals surface area (Å²) in [7, 11) is 1.41. The summed E-state index contributed by atoms with van der Waals surface area (Å²) < 4.78 is 11.2. The number of methoxy groups -OCH3 is 1. The van der Waals surface area contributed by atoms with E-state index in [2.05, 4.69) is 13.8 Å². The molecule has 0 aromatic heterocycles. The van der Waals surface area contributed by atoms with Gasteiger partial charge in [-0.1, -0.05) is 49.7 Å². The normalized spacial score (nSPS) is 16.8. The summed E-state index contributed by atoms with van der Waals surface area (Å²) in [5.74, 6) is -0.627. The maximum atomic E-state index is 13.4. The average molecular weight is 536 g/mol. The first-order valence-electron chi connectivity index (χ1n) is 12.2. The number of carbonyl (C=O) groups excluding carboxylic acids is 2. The SMILES string of the molecule is COc1c(Cl)cc(C)cc1/C(O)=C1\C(=O)C(=O)N(Cc2ccc(OCC(C)C)cc2)C1c1ccc(O)cc1. The van der Waals surface area contributed by atoms with Crippen LogP contribution in [-0.4, -0.2) is 40.5 Å². The summed E-state index contributed by atoms with van der Waals surface area (Å²) in [4.78, 5) is 28.1. The fraction of sp³-hybridized carbons (Fsp3) is 0.267. The molecule has 0 bridgehead atoms. The number of nitrogens with zero attached hydrogens (tertiary/aromatic N) is 1. The molecule has 1 amide bonds. The maximum Gasteiger partial charge on any atom is 0.295 e. The molecule has 198 valence electrons. The van der Waals surface area contributed by atoms with Crippen LogP contribution < -0.4 is 9.47 Å². The fourth-order valence-corrected chi connectivity index (χ4v) is 4.81. The van der Waals surface area contributed by atoms with E-state index in [0.29, 0.717) is 23.8 Å². The van der Waals surface area contributed by atoms with Gasteiger partial charge in [-0.2, -0.15) is 0 Å². The van der Waals surface area contributed by atoms with Gasteiger partial charge in [0.2, 0.25) is 0 Å². The molecule has 1 atom stereocenters. The molecule has 8 heteroatoms. The number of hydrogen-bond donors (Lipinski definition) is 2. The van der Waals surface area contributed by atoms with Crippen LogP contribution in [0.25, 0.3) is 5.76 Å². The molecule has 1 aliphatic rings. The van der Waals surface area contributed by atoms with E-state index in [-0.39, 0.29) is 40.0 Å². The molecular formula is C30H30ClNO6. The van der Waals surface area contributed by atoms with Crippen LogP contribution in [0.1, 0.15) is 42.1 Å². The van der Waals surface area contributed by atoms with Gasteiger partial charge in [0.05, 0.1) is 35.9 Å². The zero-order valence-corrected chi connectivity index (χ0v) is 22.5. The molecule has 3 aromatic rings. The van der Waals surface area contributed by atoms with Crippen molar-refractivity contribution in [2.45, 2.75) is 33.4 Å². The molecule has 1 unspecified atom stereocenters. The highest BCUT2D eigenvalue weighted by atomic mass is 35.5. The highest BCUT2D eigenvalue weighted by Crippen LogP contribution is 2.43. The number of aromatic hydroxyl groups is 1. The second kappa shape index (κ2) is 11.2. The number of aliphatic hydroxyl groups is 1. The van der Waals surface area contributed by atoms with Gasteiger partial charge < -0.3 is 24.6 Å². The molecule has 0 saturated carbocycles. The van der Waals surface area contributed by atoms with Crippen molar-refractivity contribution in [3.8, 4) is 17.2 Å². The van der Waals surface area contributed by atoms with Crippen LogP contribution >= 0.6 is 11.6 Å². The minimum atomic E-state index is -0.906. The predicted molar refractivity (Wildman–Crippen MR) is 145 cm³/mol. The van der Waals surface area contributed by atoms with Crippen LogP contribution in [0.2, 0.25) is 5.02 Å². The lowest BCUT2D eigenvalue weighted by Crippen LogP contribution is -2.29. The zero-order chi connectivity index (χ0) is 27.6. The van der Waals surface area contributed by atoms with Crippen LogP contribution in [-0.2, 0) is 16.1 Å². The molecule has 1 fully saturated rings. The van der Waals surface area contributed by atoms with Crippen molar-refractivity contribution in [1.82, 2.24) is 4.90 Å². The zero-order valence-electron chi connectivity index (χ0n) is 21.7. The monoisotopic (exact) mass is 535 g/mol. The van der Waals surface area contributed by atoms with Gasteiger partial charge in [0.1, 0.15) is 23.0 Å². The Labute approximate surface area is 226 Å². The Morgan fingerprint density at radius 3 is 2.32 bits per heavy atom. The number of likely N-dealkylation sites (tertiary alicyclic amines) is 1. The number of amides is 1. The van der Waals surface area contributed by atoms with Crippen molar-refractivity contribution in [3.63, 3.8) is 0 Å². The number of hydrogen-bond acceptors (Lipinski definition) is 6. The summed E-state index contributed by atoms with van der Waals surface area (Å²) in [6, 6.07) is 15.9. The first kappa shape index (κ1) is 27.1. The third-order valence-electron chi connectivity index (χ3n) is 6.26. The van der Waals surface area contributed by atoms with E-state index in [1.807, 2.05) is 24.3 Å². The van der Waals surface area contributed by atoms with Gasteiger partial charge in [0.15, 0.2) is 0 Å². The summed E-state index contributed by atoms with van der Waals surface area (Å²) in [6.45, 7) is 6.63. The van der Waals surface area contributed by atoms with Crippen molar-refractivity contribution in [2.75, 3.05) is 13.7 Å². The predicted octanol–water partition coefficient (Wildman–Crippen LogP) is 6.02. The quantitative estimate of drug-likeness (QED) is 0.208. The highest BCUT2D eigenvalue weighted by Gasteiger charge is 2.46. The topological polar surface area (TPSA) is 96.3 Å². The Kier molecular flexibility index (Phi) is 7.97. The van der Waals surface area contributed by atoms with E-state index in [9.17, 15) is 19.8 Å². The number of aryl methyl sites for hydroxylation is 1. The van der Waals surface area contributed by atoms with E-state index in [1.165, 1.54) is 24.1 Å². The lowest BCUT2D eigenvalue weighted by Gasteiger charge is -2.26. The number of rotatable bonds is 8. The van der Waals surface area contributed by atoms with Gasteiger partial charge in [-0.15, -0.1) is 0 Å². The van der Waals surface area contributed by atoms with Crippen LogP contribution in [0.3, 0.4) is 0 Å². The molecule has 4 rings (SSSR count). The first-order chi connectivity index (χ1) is 18.1. The molecule has 0 aliphatic carbocycles. The third kappa shape index (κ3) is 5.48. The molecule has 1 aliphatic heterocycles. The molecule has 0 spiro atoms. The maximum absolute atomic E-state index is 13.4. The average Bonchev–Trinajstić information content (AvgIpc) is 3.12. The Bertz CT molecular complexity index is 1380. The Balaban J connectivity index is 1.80. The number of benzene rings is 3. The van der Waals surface area contributed by atoms with Gasteiger partial charge in [-0.05, 0) is 65.9 Å². The van der Waals surface area contributed by atoms with Crippen LogP contribution in [0, 0.1) is 12.8 Å². The minimum absolute atomic E-state index is 0.0369. The lowest BCUT2D eigenvalue weighted by molar-refractivity contribution is -0.140. The molecule has 3 aromatic carbocycles. The summed E-state index contributed by atoms with van der Waals surface area (Å²) in [6.07, 6.45) is 0. The van der Waals surface area contributed by atoms with E-state index >= 15 is 0 Å². The largest absolute Gasteiger partial charge is 0.508 e. The lowest BCUT2D eigenvalue weighted by atomic mass is 9.94. The number of Topliss-reactive ketones (excluding diaryl/α,β-unsaturated/α-hetero) is 1. The van der Waals surface area contributed by atoms with Crippen molar-refractivity contribution in [3.05, 3.63) is 93.5 Å². The first-order valence-corrected chi connectivity index (χ1v) is 12.6. The van der Waals surface area contributed by atoms with E-state index in [4.69, 9.17) is 21.1 Å². The van der Waals surface area contributed by atoms with Gasteiger partial charge >= 0.3 is 0 Å². The van der Waals surface area contributed by atoms with Gasteiger partial charge in [0.25, 0.3) is 11.7 Å². The van der Waals surface area contributed by atoms with Crippen LogP contribution in [0.15, 0.2) is 66.2 Å². The van der Waals surface area contributed by atoms with Crippen molar-refractivity contribution in [1.29, 1.82) is 0 Å². The van der Waals surface area contributed by atoms with Crippen molar-refractivity contribution >= 4 is 29.1 Å². The van der Waals surface area contributed by atoms with Gasteiger partial charge in [0, 0.05) is 6.54 Å². The van der Waals surface area contributed by atoms with Gasteiger partial charge in [-0.25, -0.2) is 0 Å². The second-order valence-corrected chi connectivity index (χ2v) is 10.1. The Morgan fingerprint density at radius 2 is 1.71 bits per heavy atom. The van der Waals surface area contributed by atoms with E-state index in [1.54, 1.807) is 31.2 Å². The van der Waals surface area contributed by atoms with Gasteiger partial charge in [-0.3, -0.25) is 9.59 Å². The summed E-state index contributed by atoms with van der Waals surface area (Å²) in [5, 5.41) is 21.6. The number of halogens is 1. The van der Waals surface area contributed by atoms with Crippen LogP contribution in [0.5, 0.6) is 17.2 Å². The standard InChI is InChI=1S/C30H30ClNO6/c1-17(2)16-38-22-11-5-19(6-12-22)15-32-26(20-7-9-21(33)10-8-20)25(28(35)30(32)36)27(34)23-13-18(3)14-24(31)29(23)37-4/h5-14,17,26,33-34H,15-16H2,1-4H3/b27-25+. The number of aliphatic hydroxyl groups excluding tert-OH is 1. The second-order valence-electron chi connectivity index (χ2n) is 9.69. The Hall–Kier alpha value is -3.97. The number of phenols is 1. The molecule has 38 heavy (non-hydrogen) atoms. The van der Waals surface area contributed by atoms with E-state index in [0.717, 1.165) is 11.1 Å². The van der Waals surface area contributed by atoms with Crippen molar-refractivity contribution < 1.29 is 29.3 Å². The number of carbonyl (C=O) groups is 2. The molecule has 0 radical (unpaired) electrons. The number of phenolic OH excluding ortho intramolecular Hbond substituents is 1. The molecular weight excluding hydrogens is 506 g/mol.